The molecule has 0 bridgehead atoms. The average molecular weight is 313 g/mol. The number of rotatable bonds is 3. The Morgan fingerprint density at radius 1 is 1.40 bits per heavy atom. The number of sulfone groups is 1. The lowest BCUT2D eigenvalue weighted by Crippen LogP contribution is -2.21. The van der Waals surface area contributed by atoms with Gasteiger partial charge in [-0.05, 0) is 18.6 Å². The van der Waals surface area contributed by atoms with Gasteiger partial charge in [0.1, 0.15) is 18.3 Å². The Bertz CT molecular complexity index is 715. The first-order chi connectivity index (χ1) is 9.55. The molecule has 1 atom stereocenters. The van der Waals surface area contributed by atoms with Crippen molar-refractivity contribution >= 4 is 27.1 Å². The van der Waals surface area contributed by atoms with Gasteiger partial charge in [-0.25, -0.2) is 18.1 Å². The molecule has 6 nitrogen and oxygen atoms in total. The minimum atomic E-state index is -2.92. The summed E-state index contributed by atoms with van der Waals surface area (Å²) in [6, 6.07) is 5.33. The second-order valence-electron chi connectivity index (χ2n) is 4.72. The minimum absolute atomic E-state index is 0.0965. The molecule has 106 valence electrons. The molecule has 0 spiro atoms. The lowest BCUT2D eigenvalue weighted by molar-refractivity contribution is 0.602. The van der Waals surface area contributed by atoms with Crippen LogP contribution in [0.3, 0.4) is 0 Å². The number of aromatic nitrogens is 3. The summed E-state index contributed by atoms with van der Waals surface area (Å²) in [5.74, 6) is 0.375. The third-order valence-electron chi connectivity index (χ3n) is 3.23. The monoisotopic (exact) mass is 312 g/mol. The molecule has 0 saturated carbocycles. The number of benzene rings is 1. The molecule has 2 aromatic rings. The molecule has 2 heterocycles. The maximum atomic E-state index is 11.5. The Balaban J connectivity index is 1.93. The normalized spacial score (nSPS) is 20.9. The summed E-state index contributed by atoms with van der Waals surface area (Å²) in [5, 5.41) is 7.85. The van der Waals surface area contributed by atoms with Crippen LogP contribution in [0.5, 0.6) is 0 Å². The Kier molecular flexibility index (Phi) is 3.39. The molecule has 1 aliphatic rings. The number of para-hydroxylation sites is 1. The zero-order chi connectivity index (χ0) is 14.2. The molecule has 0 aliphatic carbocycles. The highest BCUT2D eigenvalue weighted by Crippen LogP contribution is 2.29. The average Bonchev–Trinajstić information content (AvgIpc) is 2.99. The smallest absolute Gasteiger partial charge is 0.152 e. The SMILES string of the molecule is O=S1(=O)CCC(Nc2cccc(Cl)c2-n2cncn2)C1. The van der Waals surface area contributed by atoms with E-state index >= 15 is 0 Å². The van der Waals surface area contributed by atoms with Crippen molar-refractivity contribution < 1.29 is 8.42 Å². The molecule has 1 aromatic heterocycles. The topological polar surface area (TPSA) is 76.9 Å². The molecule has 0 amide bonds. The van der Waals surface area contributed by atoms with Crippen LogP contribution in [0.15, 0.2) is 30.9 Å². The summed E-state index contributed by atoms with van der Waals surface area (Å²) in [4.78, 5) is 3.91. The van der Waals surface area contributed by atoms with Crippen molar-refractivity contribution in [1.82, 2.24) is 14.8 Å². The highest BCUT2D eigenvalue weighted by molar-refractivity contribution is 7.91. The molecule has 20 heavy (non-hydrogen) atoms. The van der Waals surface area contributed by atoms with Crippen LogP contribution >= 0.6 is 11.6 Å². The first-order valence-electron chi connectivity index (χ1n) is 6.16. The highest BCUT2D eigenvalue weighted by Gasteiger charge is 2.28. The number of nitrogens with zero attached hydrogens (tertiary/aromatic N) is 3. The predicted octanol–water partition coefficient (Wildman–Crippen LogP) is 1.52. The lowest BCUT2D eigenvalue weighted by Gasteiger charge is -2.17. The van der Waals surface area contributed by atoms with Crippen LogP contribution in [0, 0.1) is 0 Å². The van der Waals surface area contributed by atoms with Gasteiger partial charge >= 0.3 is 0 Å². The van der Waals surface area contributed by atoms with Crippen molar-refractivity contribution in [3.63, 3.8) is 0 Å². The fourth-order valence-electron chi connectivity index (χ4n) is 2.32. The summed E-state index contributed by atoms with van der Waals surface area (Å²) < 4.78 is 24.6. The van der Waals surface area contributed by atoms with E-state index in [0.29, 0.717) is 17.1 Å². The zero-order valence-corrected chi connectivity index (χ0v) is 12.1. The number of anilines is 1. The van der Waals surface area contributed by atoms with Crippen molar-refractivity contribution in [2.24, 2.45) is 0 Å². The summed E-state index contributed by atoms with van der Waals surface area (Å²) >= 11 is 6.22. The van der Waals surface area contributed by atoms with E-state index in [2.05, 4.69) is 15.4 Å². The van der Waals surface area contributed by atoms with Crippen LogP contribution in [0.25, 0.3) is 5.69 Å². The third-order valence-corrected chi connectivity index (χ3v) is 5.30. The van der Waals surface area contributed by atoms with Gasteiger partial charge in [-0.2, -0.15) is 5.10 Å². The Morgan fingerprint density at radius 2 is 2.25 bits per heavy atom. The lowest BCUT2D eigenvalue weighted by atomic mass is 10.2. The van der Waals surface area contributed by atoms with E-state index < -0.39 is 9.84 Å². The number of nitrogens with one attached hydrogen (secondary N) is 1. The van der Waals surface area contributed by atoms with Crippen molar-refractivity contribution in [2.75, 3.05) is 16.8 Å². The molecule has 3 rings (SSSR count). The largest absolute Gasteiger partial charge is 0.379 e. The van der Waals surface area contributed by atoms with Gasteiger partial charge in [0, 0.05) is 6.04 Å². The van der Waals surface area contributed by atoms with Crippen LogP contribution < -0.4 is 5.32 Å². The molecule has 1 saturated heterocycles. The molecule has 1 aromatic carbocycles. The van der Waals surface area contributed by atoms with E-state index in [1.54, 1.807) is 17.1 Å². The first kappa shape index (κ1) is 13.4. The highest BCUT2D eigenvalue weighted by atomic mass is 35.5. The summed E-state index contributed by atoms with van der Waals surface area (Å²) in [7, 11) is -2.92. The van der Waals surface area contributed by atoms with E-state index in [-0.39, 0.29) is 17.5 Å². The molecule has 1 N–H and O–H groups in total. The van der Waals surface area contributed by atoms with Crippen LogP contribution in [0.1, 0.15) is 6.42 Å². The van der Waals surface area contributed by atoms with Crippen molar-refractivity contribution in [2.45, 2.75) is 12.5 Å². The van der Waals surface area contributed by atoms with Crippen LogP contribution in [0.4, 0.5) is 5.69 Å². The number of hydrogen-bond donors (Lipinski definition) is 1. The molecular formula is C12H13ClN4O2S. The van der Waals surface area contributed by atoms with Crippen molar-refractivity contribution in [1.29, 1.82) is 0 Å². The molecular weight excluding hydrogens is 300 g/mol. The summed E-state index contributed by atoms with van der Waals surface area (Å²) in [6.07, 6.45) is 3.58. The van der Waals surface area contributed by atoms with Gasteiger partial charge in [0.05, 0.1) is 22.2 Å². The Morgan fingerprint density at radius 3 is 2.90 bits per heavy atom. The molecule has 1 unspecified atom stereocenters. The molecule has 8 heteroatoms. The molecule has 0 radical (unpaired) electrons. The fraction of sp³-hybridized carbons (Fsp3) is 0.333. The Labute approximate surface area is 121 Å². The second kappa shape index (κ2) is 5.06. The number of halogens is 1. The Hall–Kier alpha value is -1.60. The molecule has 1 aliphatic heterocycles. The van der Waals surface area contributed by atoms with Gasteiger partial charge in [-0.1, -0.05) is 17.7 Å². The van der Waals surface area contributed by atoms with Gasteiger partial charge in [0.2, 0.25) is 0 Å². The minimum Gasteiger partial charge on any atom is -0.379 e. The predicted molar refractivity (Wildman–Crippen MR) is 77.1 cm³/mol. The van der Waals surface area contributed by atoms with Crippen LogP contribution in [-0.4, -0.2) is 40.7 Å². The van der Waals surface area contributed by atoms with Crippen molar-refractivity contribution in [3.8, 4) is 5.69 Å². The van der Waals surface area contributed by atoms with E-state index in [0.717, 1.165) is 5.69 Å². The van der Waals surface area contributed by atoms with E-state index in [4.69, 9.17) is 11.6 Å². The molecule has 1 fully saturated rings. The van der Waals surface area contributed by atoms with E-state index in [1.165, 1.54) is 6.33 Å². The zero-order valence-electron chi connectivity index (χ0n) is 10.5. The van der Waals surface area contributed by atoms with E-state index in [9.17, 15) is 8.42 Å². The maximum absolute atomic E-state index is 11.5. The quantitative estimate of drug-likeness (QED) is 0.930. The van der Waals surface area contributed by atoms with Gasteiger partial charge in [0.15, 0.2) is 9.84 Å². The summed E-state index contributed by atoms with van der Waals surface area (Å²) in [6.45, 7) is 0. The maximum Gasteiger partial charge on any atom is 0.152 e. The third kappa shape index (κ3) is 2.64. The van der Waals surface area contributed by atoms with Gasteiger partial charge in [0.25, 0.3) is 0 Å². The van der Waals surface area contributed by atoms with Crippen molar-refractivity contribution in [3.05, 3.63) is 35.9 Å². The first-order valence-corrected chi connectivity index (χ1v) is 8.35. The van der Waals surface area contributed by atoms with E-state index in [1.807, 2.05) is 12.1 Å². The fourth-order valence-corrected chi connectivity index (χ4v) is 4.25. The van der Waals surface area contributed by atoms with Crippen LogP contribution in [0.2, 0.25) is 5.02 Å². The summed E-state index contributed by atoms with van der Waals surface area (Å²) in [5.41, 5.74) is 1.43. The van der Waals surface area contributed by atoms with Gasteiger partial charge in [-0.15, -0.1) is 0 Å². The van der Waals surface area contributed by atoms with Gasteiger partial charge in [-0.3, -0.25) is 0 Å². The standard InChI is InChI=1S/C12H13ClN4O2S/c13-10-2-1-3-11(12(10)17-8-14-7-15-17)16-9-4-5-20(18,19)6-9/h1-3,7-9,16H,4-6H2. The van der Waals surface area contributed by atoms with Crippen LogP contribution in [-0.2, 0) is 9.84 Å². The number of hydrogen-bond acceptors (Lipinski definition) is 5. The van der Waals surface area contributed by atoms with Gasteiger partial charge < -0.3 is 5.32 Å². The second-order valence-corrected chi connectivity index (χ2v) is 7.36.